The highest BCUT2D eigenvalue weighted by Gasteiger charge is 2.26. The van der Waals surface area contributed by atoms with Crippen molar-refractivity contribution in [1.82, 2.24) is 0 Å². The Morgan fingerprint density at radius 3 is 2.26 bits per heavy atom. The third kappa shape index (κ3) is 2.65. The van der Waals surface area contributed by atoms with Crippen molar-refractivity contribution < 1.29 is 0 Å². The zero-order chi connectivity index (χ0) is 16.0. The van der Waals surface area contributed by atoms with Crippen LogP contribution in [-0.4, -0.2) is 0 Å². The van der Waals surface area contributed by atoms with Gasteiger partial charge in [-0.3, -0.25) is 0 Å². The minimum Gasteiger partial charge on any atom is -0.0621 e. The molecule has 118 valence electrons. The standard InChI is InChI=1S/C23H26/c1-23(2,3)20-12-10-17(11-13-20)21-9-5-8-18-14-19(15-22(18)21)16-6-4-7-16/h5,8-13,15-16H,4,6-7,14H2,1-3H3. The summed E-state index contributed by atoms with van der Waals surface area (Å²) < 4.78 is 0. The van der Waals surface area contributed by atoms with Gasteiger partial charge in [0, 0.05) is 0 Å². The van der Waals surface area contributed by atoms with Gasteiger partial charge in [-0.2, -0.15) is 0 Å². The molecule has 23 heavy (non-hydrogen) atoms. The third-order valence-electron chi connectivity index (χ3n) is 5.61. The molecule has 2 aliphatic rings. The summed E-state index contributed by atoms with van der Waals surface area (Å²) in [5, 5.41) is 0. The second-order valence-electron chi connectivity index (χ2n) is 8.23. The van der Waals surface area contributed by atoms with Crippen molar-refractivity contribution in [2.75, 3.05) is 0 Å². The Morgan fingerprint density at radius 2 is 1.65 bits per heavy atom. The summed E-state index contributed by atoms with van der Waals surface area (Å²) in [5.74, 6) is 0.860. The van der Waals surface area contributed by atoms with E-state index in [1.165, 1.54) is 53.5 Å². The lowest BCUT2D eigenvalue weighted by molar-refractivity contribution is 0.366. The molecule has 0 bridgehead atoms. The maximum absolute atomic E-state index is 2.49. The van der Waals surface area contributed by atoms with E-state index in [-0.39, 0.29) is 5.41 Å². The van der Waals surface area contributed by atoms with Crippen molar-refractivity contribution in [2.45, 2.75) is 51.9 Å². The van der Waals surface area contributed by atoms with Crippen LogP contribution in [0.2, 0.25) is 0 Å². The van der Waals surface area contributed by atoms with Crippen molar-refractivity contribution in [1.29, 1.82) is 0 Å². The van der Waals surface area contributed by atoms with Crippen LogP contribution in [0.5, 0.6) is 0 Å². The highest BCUT2D eigenvalue weighted by atomic mass is 14.3. The summed E-state index contributed by atoms with van der Waals surface area (Å²) in [6.45, 7) is 6.82. The van der Waals surface area contributed by atoms with Crippen molar-refractivity contribution in [3.8, 4) is 11.1 Å². The van der Waals surface area contributed by atoms with Crippen molar-refractivity contribution in [2.24, 2.45) is 5.92 Å². The van der Waals surface area contributed by atoms with Crippen LogP contribution >= 0.6 is 0 Å². The maximum Gasteiger partial charge on any atom is -0.00548 e. The average Bonchev–Trinajstić information content (AvgIpc) is 2.87. The molecule has 0 unspecified atom stereocenters. The van der Waals surface area contributed by atoms with Crippen LogP contribution < -0.4 is 0 Å². The number of hydrogen-bond donors (Lipinski definition) is 0. The zero-order valence-electron chi connectivity index (χ0n) is 14.5. The largest absolute Gasteiger partial charge is 0.0621 e. The van der Waals surface area contributed by atoms with E-state index in [9.17, 15) is 0 Å². The molecule has 0 radical (unpaired) electrons. The summed E-state index contributed by atoms with van der Waals surface area (Å²) in [5.41, 5.74) is 9.03. The predicted molar refractivity (Wildman–Crippen MR) is 99.6 cm³/mol. The summed E-state index contributed by atoms with van der Waals surface area (Å²) >= 11 is 0. The fourth-order valence-corrected chi connectivity index (χ4v) is 3.84. The van der Waals surface area contributed by atoms with Gasteiger partial charge in [-0.15, -0.1) is 0 Å². The Bertz CT molecular complexity index is 750. The SMILES string of the molecule is CC(C)(C)c1ccc(-c2cccc3c2C=C(C2CCC2)C3)cc1. The number of fused-ring (bicyclic) bond motifs is 1. The smallest absolute Gasteiger partial charge is 0.00548 e. The molecule has 1 fully saturated rings. The quantitative estimate of drug-likeness (QED) is 0.603. The summed E-state index contributed by atoms with van der Waals surface area (Å²) in [6, 6.07) is 16.0. The molecule has 2 aromatic carbocycles. The van der Waals surface area contributed by atoms with Gasteiger partial charge in [-0.25, -0.2) is 0 Å². The first kappa shape index (κ1) is 14.8. The first-order valence-corrected chi connectivity index (χ1v) is 8.96. The molecule has 0 nitrogen and oxygen atoms in total. The van der Waals surface area contributed by atoms with Gasteiger partial charge >= 0.3 is 0 Å². The van der Waals surface area contributed by atoms with E-state index in [2.05, 4.69) is 69.3 Å². The van der Waals surface area contributed by atoms with Crippen LogP contribution in [0.4, 0.5) is 0 Å². The number of hydrogen-bond acceptors (Lipinski definition) is 0. The molecular weight excluding hydrogens is 276 g/mol. The van der Waals surface area contributed by atoms with E-state index in [4.69, 9.17) is 0 Å². The van der Waals surface area contributed by atoms with E-state index in [0.29, 0.717) is 0 Å². The first-order chi connectivity index (χ1) is 11.0. The number of benzene rings is 2. The molecule has 2 aromatic rings. The van der Waals surface area contributed by atoms with E-state index < -0.39 is 0 Å². The molecule has 2 aliphatic carbocycles. The Kier molecular flexibility index (Phi) is 3.44. The molecule has 0 heteroatoms. The van der Waals surface area contributed by atoms with Gasteiger partial charge in [0.1, 0.15) is 0 Å². The van der Waals surface area contributed by atoms with E-state index in [0.717, 1.165) is 5.92 Å². The van der Waals surface area contributed by atoms with Crippen LogP contribution in [0.1, 0.15) is 56.7 Å². The van der Waals surface area contributed by atoms with Crippen LogP contribution in [0, 0.1) is 5.92 Å². The van der Waals surface area contributed by atoms with Crippen LogP contribution in [-0.2, 0) is 11.8 Å². The lowest BCUT2D eigenvalue weighted by atomic mass is 9.79. The predicted octanol–water partition coefficient (Wildman–Crippen LogP) is 6.39. The molecule has 0 heterocycles. The van der Waals surface area contributed by atoms with Crippen molar-refractivity contribution >= 4 is 6.08 Å². The summed E-state index contributed by atoms with van der Waals surface area (Å²) in [6.07, 6.45) is 7.88. The minimum absolute atomic E-state index is 0.217. The molecule has 0 atom stereocenters. The summed E-state index contributed by atoms with van der Waals surface area (Å²) in [7, 11) is 0. The fraction of sp³-hybridized carbons (Fsp3) is 0.391. The van der Waals surface area contributed by atoms with Gasteiger partial charge < -0.3 is 0 Å². The van der Waals surface area contributed by atoms with Gasteiger partial charge in [0.25, 0.3) is 0 Å². The highest BCUT2D eigenvalue weighted by Crippen LogP contribution is 2.42. The van der Waals surface area contributed by atoms with Crippen molar-refractivity contribution in [3.05, 3.63) is 64.7 Å². The second-order valence-corrected chi connectivity index (χ2v) is 8.23. The monoisotopic (exact) mass is 302 g/mol. The van der Waals surface area contributed by atoms with Gasteiger partial charge in [0.2, 0.25) is 0 Å². The summed E-state index contributed by atoms with van der Waals surface area (Å²) in [4.78, 5) is 0. The molecule has 0 aliphatic heterocycles. The lowest BCUT2D eigenvalue weighted by Crippen LogP contribution is -2.13. The van der Waals surface area contributed by atoms with Crippen LogP contribution in [0.25, 0.3) is 17.2 Å². The molecule has 1 saturated carbocycles. The molecule has 0 saturated heterocycles. The van der Waals surface area contributed by atoms with Gasteiger partial charge in [-0.05, 0) is 58.4 Å². The third-order valence-corrected chi connectivity index (χ3v) is 5.61. The molecule has 0 amide bonds. The maximum atomic E-state index is 2.49. The topological polar surface area (TPSA) is 0 Å². The number of allylic oxidation sites excluding steroid dienone is 1. The zero-order valence-corrected chi connectivity index (χ0v) is 14.5. The molecule has 0 N–H and O–H groups in total. The molecule has 0 spiro atoms. The molecule has 4 rings (SSSR count). The Labute approximate surface area is 140 Å². The lowest BCUT2D eigenvalue weighted by Gasteiger charge is -2.26. The molecular formula is C23H26. The fourth-order valence-electron chi connectivity index (χ4n) is 3.84. The normalized spacial score (nSPS) is 17.6. The van der Waals surface area contributed by atoms with Gasteiger partial charge in [-0.1, -0.05) is 81.3 Å². The van der Waals surface area contributed by atoms with Crippen LogP contribution in [0.3, 0.4) is 0 Å². The van der Waals surface area contributed by atoms with Gasteiger partial charge in [0.05, 0.1) is 0 Å². The van der Waals surface area contributed by atoms with Gasteiger partial charge in [0.15, 0.2) is 0 Å². The van der Waals surface area contributed by atoms with E-state index in [1.54, 1.807) is 5.57 Å². The average molecular weight is 302 g/mol. The Morgan fingerprint density at radius 1 is 0.913 bits per heavy atom. The van der Waals surface area contributed by atoms with Crippen molar-refractivity contribution in [3.63, 3.8) is 0 Å². The molecule has 0 aromatic heterocycles. The number of rotatable bonds is 2. The Hall–Kier alpha value is -1.82. The minimum atomic E-state index is 0.217. The van der Waals surface area contributed by atoms with E-state index >= 15 is 0 Å². The first-order valence-electron chi connectivity index (χ1n) is 8.96. The second kappa shape index (κ2) is 5.37. The van der Waals surface area contributed by atoms with Crippen LogP contribution in [0.15, 0.2) is 48.0 Å². The van der Waals surface area contributed by atoms with E-state index in [1.807, 2.05) is 0 Å². The Balaban J connectivity index is 1.71. The highest BCUT2D eigenvalue weighted by molar-refractivity contribution is 5.81.